The van der Waals surface area contributed by atoms with Crippen molar-refractivity contribution < 1.29 is 20.3 Å². The lowest BCUT2D eigenvalue weighted by Gasteiger charge is -2.32. The van der Waals surface area contributed by atoms with Crippen LogP contribution in [-0.2, 0) is 15.7 Å². The van der Waals surface area contributed by atoms with Crippen LogP contribution in [0.3, 0.4) is 0 Å². The average Bonchev–Trinajstić information content (AvgIpc) is 2.61. The van der Waals surface area contributed by atoms with Gasteiger partial charge in [-0.1, -0.05) is 6.85 Å². The van der Waals surface area contributed by atoms with Gasteiger partial charge in [0.25, 0.3) is 0 Å². The van der Waals surface area contributed by atoms with Gasteiger partial charge in [-0.2, -0.15) is 0 Å². The minimum Gasteiger partial charge on any atom is -0.399 e. The van der Waals surface area contributed by atoms with Crippen LogP contribution in [-0.4, -0.2) is 23.3 Å². The summed E-state index contributed by atoms with van der Waals surface area (Å²) in [5.41, 5.74) is -2.46. The van der Waals surface area contributed by atoms with E-state index in [0.29, 0.717) is 0 Å². The molecule has 17 heavy (non-hydrogen) atoms. The molecule has 0 unspecified atom stereocenters. The van der Waals surface area contributed by atoms with Gasteiger partial charge in [0.2, 0.25) is 0 Å². The fourth-order valence-electron chi connectivity index (χ4n) is 1.47. The van der Waals surface area contributed by atoms with Crippen LogP contribution in [0.1, 0.15) is 51.2 Å². The molecule has 0 bridgehead atoms. The van der Waals surface area contributed by atoms with Crippen LogP contribution >= 0.6 is 0 Å². The highest BCUT2D eigenvalue weighted by Gasteiger charge is 2.51. The standard InChI is InChI=1S/C13H20BNO2/c1-6-11-9-10(7-8-15-11)14-16-12(2,3)13(4,5)17-14/h7-9H,6H2,1-5H3/i1D3,6D2,7D,8D,9D. The molecule has 2 rings (SSSR count). The normalized spacial score (nSPS) is 30.2. The lowest BCUT2D eigenvalue weighted by molar-refractivity contribution is 0.00578. The second-order valence-electron chi connectivity index (χ2n) is 4.95. The van der Waals surface area contributed by atoms with Crippen molar-refractivity contribution in [2.24, 2.45) is 0 Å². The summed E-state index contributed by atoms with van der Waals surface area (Å²) in [5.74, 6) is 0. The first kappa shape index (κ1) is 5.85. The van der Waals surface area contributed by atoms with E-state index < -0.39 is 55.5 Å². The summed E-state index contributed by atoms with van der Waals surface area (Å²) in [6.07, 6.45) is -3.59. The average molecular weight is 241 g/mol. The van der Waals surface area contributed by atoms with Gasteiger partial charge in [-0.15, -0.1) is 0 Å². The quantitative estimate of drug-likeness (QED) is 0.741. The molecular weight excluding hydrogens is 213 g/mol. The predicted molar refractivity (Wildman–Crippen MR) is 69.3 cm³/mol. The highest BCUT2D eigenvalue weighted by molar-refractivity contribution is 6.62. The van der Waals surface area contributed by atoms with Gasteiger partial charge in [-0.3, -0.25) is 4.98 Å². The Hall–Kier alpha value is -0.865. The second-order valence-corrected chi connectivity index (χ2v) is 4.95. The zero-order valence-electron chi connectivity index (χ0n) is 18.3. The summed E-state index contributed by atoms with van der Waals surface area (Å²) in [5, 5.41) is 0. The van der Waals surface area contributed by atoms with Gasteiger partial charge in [-0.05, 0) is 51.6 Å². The first-order valence-electron chi connectivity index (χ1n) is 9.37. The zero-order chi connectivity index (χ0) is 19.6. The van der Waals surface area contributed by atoms with E-state index in [0.717, 1.165) is 0 Å². The zero-order valence-corrected chi connectivity index (χ0v) is 10.3. The Labute approximate surface area is 115 Å². The lowest BCUT2D eigenvalue weighted by atomic mass is 9.79. The summed E-state index contributed by atoms with van der Waals surface area (Å²) >= 11 is 0. The third-order valence-electron chi connectivity index (χ3n) is 3.22. The molecule has 0 N–H and O–H groups in total. The Morgan fingerprint density at radius 3 is 2.65 bits per heavy atom. The van der Waals surface area contributed by atoms with Crippen LogP contribution in [0.4, 0.5) is 0 Å². The number of pyridine rings is 1. The van der Waals surface area contributed by atoms with E-state index >= 15 is 0 Å². The number of hydrogen-bond acceptors (Lipinski definition) is 3. The van der Waals surface area contributed by atoms with Gasteiger partial charge in [0, 0.05) is 18.7 Å². The van der Waals surface area contributed by atoms with Crippen molar-refractivity contribution in [3.8, 4) is 0 Å². The second kappa shape index (κ2) is 4.11. The van der Waals surface area contributed by atoms with E-state index in [1.165, 1.54) is 0 Å². The summed E-state index contributed by atoms with van der Waals surface area (Å²) in [6, 6.07) is -1.05. The molecule has 3 nitrogen and oxygen atoms in total. The summed E-state index contributed by atoms with van der Waals surface area (Å²) in [6.45, 7) is 3.99. The molecule has 0 radical (unpaired) electrons. The van der Waals surface area contributed by atoms with Gasteiger partial charge < -0.3 is 9.31 Å². The van der Waals surface area contributed by atoms with Crippen LogP contribution < -0.4 is 5.46 Å². The Morgan fingerprint density at radius 2 is 2.06 bits per heavy atom. The van der Waals surface area contributed by atoms with Crippen LogP contribution in [0, 0.1) is 0 Å². The fraction of sp³-hybridized carbons (Fsp3) is 0.615. The van der Waals surface area contributed by atoms with Crippen molar-refractivity contribution in [2.75, 3.05) is 0 Å². The molecule has 92 valence electrons. The van der Waals surface area contributed by atoms with E-state index in [4.69, 9.17) is 20.3 Å². The van der Waals surface area contributed by atoms with Crippen molar-refractivity contribution >= 4 is 12.6 Å². The van der Waals surface area contributed by atoms with E-state index in [9.17, 15) is 0 Å². The molecule has 1 aliphatic rings. The molecule has 0 aromatic carbocycles. The highest BCUT2D eigenvalue weighted by atomic mass is 16.7. The molecule has 2 heterocycles. The van der Waals surface area contributed by atoms with E-state index in [1.807, 2.05) is 0 Å². The van der Waals surface area contributed by atoms with Gasteiger partial charge >= 0.3 is 7.12 Å². The minimum absolute atomic E-state index is 0.193. The molecule has 1 aromatic heterocycles. The summed E-state index contributed by atoms with van der Waals surface area (Å²) < 4.78 is 73.4. The molecule has 1 aromatic rings. The third-order valence-corrected chi connectivity index (χ3v) is 3.22. The van der Waals surface area contributed by atoms with Crippen molar-refractivity contribution in [1.29, 1.82) is 0 Å². The number of rotatable bonds is 2. The van der Waals surface area contributed by atoms with Crippen LogP contribution in [0.2, 0.25) is 0 Å². The Bertz CT molecular complexity index is 688. The van der Waals surface area contributed by atoms with E-state index in [1.54, 1.807) is 27.7 Å². The molecule has 0 atom stereocenters. The number of aryl methyl sites for hydroxylation is 1. The fourth-order valence-corrected chi connectivity index (χ4v) is 1.47. The smallest absolute Gasteiger partial charge is 0.399 e. The molecule has 0 amide bonds. The summed E-state index contributed by atoms with van der Waals surface area (Å²) in [7, 11) is -1.19. The SMILES string of the molecule is [2H]c1nc(C([2H])([2H])C([2H])([2H])[2H])c([2H])c(B2OC(C)(C)C(C)(C)O2)c1[2H]. The maximum atomic E-state index is 8.23. The molecular formula is C13H20BNO2. The predicted octanol–water partition coefficient (Wildman–Crippen LogP) is 1.94. The molecule has 1 fully saturated rings. The monoisotopic (exact) mass is 241 g/mol. The van der Waals surface area contributed by atoms with Crippen LogP contribution in [0.25, 0.3) is 0 Å². The van der Waals surface area contributed by atoms with Gasteiger partial charge in [-0.25, -0.2) is 0 Å². The van der Waals surface area contributed by atoms with Crippen LogP contribution in [0.5, 0.6) is 0 Å². The van der Waals surface area contributed by atoms with E-state index in [-0.39, 0.29) is 5.46 Å². The van der Waals surface area contributed by atoms with E-state index in [2.05, 4.69) is 4.98 Å². The third kappa shape index (κ3) is 2.24. The molecule has 0 spiro atoms. The first-order valence-corrected chi connectivity index (χ1v) is 5.37. The topological polar surface area (TPSA) is 31.4 Å². The maximum Gasteiger partial charge on any atom is 0.494 e. The largest absolute Gasteiger partial charge is 0.494 e. The Morgan fingerprint density at radius 1 is 1.41 bits per heavy atom. The maximum absolute atomic E-state index is 8.23. The van der Waals surface area contributed by atoms with Crippen LogP contribution in [0.15, 0.2) is 18.3 Å². The van der Waals surface area contributed by atoms with Crippen molar-refractivity contribution in [3.05, 3.63) is 24.0 Å². The van der Waals surface area contributed by atoms with Crippen molar-refractivity contribution in [2.45, 2.75) is 52.1 Å². The highest BCUT2D eigenvalue weighted by Crippen LogP contribution is 2.36. The molecule has 0 aliphatic carbocycles. The van der Waals surface area contributed by atoms with Gasteiger partial charge in [0.05, 0.1) is 15.3 Å². The molecule has 0 saturated carbocycles. The first-order chi connectivity index (χ1) is 11.0. The summed E-state index contributed by atoms with van der Waals surface area (Å²) in [4.78, 5) is 3.56. The number of nitrogens with zero attached hydrogens (tertiary/aromatic N) is 1. The number of hydrogen-bond donors (Lipinski definition) is 0. The van der Waals surface area contributed by atoms with Crippen molar-refractivity contribution in [3.63, 3.8) is 0 Å². The molecule has 1 saturated heterocycles. The lowest BCUT2D eigenvalue weighted by Crippen LogP contribution is -2.41. The minimum atomic E-state index is -3.08. The Balaban J connectivity index is 2.66. The van der Waals surface area contributed by atoms with Crippen molar-refractivity contribution in [1.82, 2.24) is 4.98 Å². The Kier molecular flexibility index (Phi) is 1.41. The van der Waals surface area contributed by atoms with Gasteiger partial charge in [0.15, 0.2) is 0 Å². The molecule has 4 heteroatoms. The number of aromatic nitrogens is 1. The molecule has 1 aliphatic heterocycles. The van der Waals surface area contributed by atoms with Gasteiger partial charge in [0.1, 0.15) is 0 Å².